The molecule has 2 unspecified atom stereocenters. The van der Waals surface area contributed by atoms with E-state index in [0.717, 1.165) is 32.2 Å². The minimum absolute atomic E-state index is 0.0610. The Morgan fingerprint density at radius 3 is 2.53 bits per heavy atom. The zero-order chi connectivity index (χ0) is 14.0. The van der Waals surface area contributed by atoms with Crippen molar-refractivity contribution in [2.75, 3.05) is 13.1 Å². The summed E-state index contributed by atoms with van der Waals surface area (Å²) in [7, 11) is 0. The van der Waals surface area contributed by atoms with Gasteiger partial charge in [0.15, 0.2) is 0 Å². The van der Waals surface area contributed by atoms with Crippen molar-refractivity contribution in [1.29, 1.82) is 0 Å². The number of nitrogens with zero attached hydrogens (tertiary/aromatic N) is 1. The predicted octanol–water partition coefficient (Wildman–Crippen LogP) is 2.53. The lowest BCUT2D eigenvalue weighted by molar-refractivity contribution is -0.149. The van der Waals surface area contributed by atoms with Gasteiger partial charge in [-0.25, -0.2) is 0 Å². The summed E-state index contributed by atoms with van der Waals surface area (Å²) in [5.41, 5.74) is 0.0610. The lowest BCUT2D eigenvalue weighted by atomic mass is 9.68. The standard InChI is InChI=1S/C15H25NO3/c1-15(2)8-4-3-7-12(15)13(17)16-9-5-6-11(10-16)14(18)19/h11-12H,3-10H2,1-2H3,(H,18,19). The quantitative estimate of drug-likeness (QED) is 0.836. The third-order valence-corrected chi connectivity index (χ3v) is 4.89. The zero-order valence-electron chi connectivity index (χ0n) is 12.0. The zero-order valence-corrected chi connectivity index (χ0v) is 12.0. The van der Waals surface area contributed by atoms with Gasteiger partial charge in [-0.15, -0.1) is 0 Å². The highest BCUT2D eigenvalue weighted by atomic mass is 16.4. The van der Waals surface area contributed by atoms with E-state index in [9.17, 15) is 9.59 Å². The Kier molecular flexibility index (Phi) is 4.16. The van der Waals surface area contributed by atoms with Crippen LogP contribution in [-0.4, -0.2) is 35.0 Å². The van der Waals surface area contributed by atoms with Gasteiger partial charge < -0.3 is 10.0 Å². The van der Waals surface area contributed by atoms with Gasteiger partial charge in [0.1, 0.15) is 0 Å². The second-order valence-corrected chi connectivity index (χ2v) is 6.75. The van der Waals surface area contributed by atoms with Crippen molar-refractivity contribution in [2.45, 2.75) is 52.4 Å². The summed E-state index contributed by atoms with van der Waals surface area (Å²) in [6.45, 7) is 5.48. The summed E-state index contributed by atoms with van der Waals surface area (Å²) >= 11 is 0. The van der Waals surface area contributed by atoms with Gasteiger partial charge in [-0.2, -0.15) is 0 Å². The molecule has 4 heteroatoms. The van der Waals surface area contributed by atoms with Crippen LogP contribution >= 0.6 is 0 Å². The molecule has 0 radical (unpaired) electrons. The van der Waals surface area contributed by atoms with E-state index in [1.54, 1.807) is 4.90 Å². The lowest BCUT2D eigenvalue weighted by Crippen LogP contribution is -2.48. The van der Waals surface area contributed by atoms with Crippen molar-refractivity contribution >= 4 is 11.9 Å². The Labute approximate surface area is 115 Å². The fraction of sp³-hybridized carbons (Fsp3) is 0.867. The Bertz CT molecular complexity index is 364. The molecule has 1 saturated heterocycles. The number of piperidine rings is 1. The Morgan fingerprint density at radius 2 is 1.89 bits per heavy atom. The monoisotopic (exact) mass is 267 g/mol. The van der Waals surface area contributed by atoms with Crippen LogP contribution in [0.2, 0.25) is 0 Å². The number of amides is 1. The predicted molar refractivity (Wildman–Crippen MR) is 72.7 cm³/mol. The number of hydrogen-bond acceptors (Lipinski definition) is 2. The number of carboxylic acids is 1. The molecule has 1 saturated carbocycles. The molecule has 0 spiro atoms. The van der Waals surface area contributed by atoms with Crippen molar-refractivity contribution in [3.63, 3.8) is 0 Å². The van der Waals surface area contributed by atoms with Gasteiger partial charge in [0.05, 0.1) is 5.92 Å². The molecule has 0 aromatic heterocycles. The van der Waals surface area contributed by atoms with E-state index in [-0.39, 0.29) is 23.2 Å². The summed E-state index contributed by atoms with van der Waals surface area (Å²) in [6, 6.07) is 0. The number of carbonyl (C=O) groups is 2. The number of hydrogen-bond donors (Lipinski definition) is 1. The van der Waals surface area contributed by atoms with Crippen LogP contribution in [-0.2, 0) is 9.59 Å². The molecule has 0 aromatic rings. The Balaban J connectivity index is 2.04. The van der Waals surface area contributed by atoms with Gasteiger partial charge in [0, 0.05) is 19.0 Å². The van der Waals surface area contributed by atoms with Crippen LogP contribution in [0.3, 0.4) is 0 Å². The number of rotatable bonds is 2. The second-order valence-electron chi connectivity index (χ2n) is 6.75. The molecule has 2 fully saturated rings. The molecule has 1 heterocycles. The van der Waals surface area contributed by atoms with Gasteiger partial charge in [0.2, 0.25) is 5.91 Å². The highest BCUT2D eigenvalue weighted by Gasteiger charge is 2.40. The molecule has 1 aliphatic carbocycles. The number of aliphatic carboxylic acids is 1. The molecule has 19 heavy (non-hydrogen) atoms. The van der Waals surface area contributed by atoms with Gasteiger partial charge in [-0.3, -0.25) is 9.59 Å². The maximum atomic E-state index is 12.7. The molecular formula is C15H25NO3. The first-order chi connectivity index (χ1) is 8.92. The van der Waals surface area contributed by atoms with Gasteiger partial charge in [-0.05, 0) is 31.1 Å². The molecule has 0 bridgehead atoms. The van der Waals surface area contributed by atoms with Crippen LogP contribution in [0, 0.1) is 17.3 Å². The van der Waals surface area contributed by atoms with Gasteiger partial charge in [0.25, 0.3) is 0 Å². The topological polar surface area (TPSA) is 57.6 Å². The van der Waals surface area contributed by atoms with Crippen LogP contribution in [0.15, 0.2) is 0 Å². The second kappa shape index (κ2) is 5.51. The summed E-state index contributed by atoms with van der Waals surface area (Å²) in [5, 5.41) is 9.11. The smallest absolute Gasteiger partial charge is 0.308 e. The van der Waals surface area contributed by atoms with E-state index in [2.05, 4.69) is 13.8 Å². The minimum atomic E-state index is -0.764. The van der Waals surface area contributed by atoms with Crippen molar-refractivity contribution in [2.24, 2.45) is 17.3 Å². The molecule has 108 valence electrons. The first-order valence-electron chi connectivity index (χ1n) is 7.43. The van der Waals surface area contributed by atoms with Gasteiger partial charge >= 0.3 is 5.97 Å². The largest absolute Gasteiger partial charge is 0.481 e. The molecular weight excluding hydrogens is 242 g/mol. The number of carboxylic acid groups (broad SMARTS) is 1. The fourth-order valence-electron chi connectivity index (χ4n) is 3.55. The van der Waals surface area contributed by atoms with Crippen molar-refractivity contribution in [3.8, 4) is 0 Å². The van der Waals surface area contributed by atoms with Crippen LogP contribution in [0.25, 0.3) is 0 Å². The maximum absolute atomic E-state index is 12.7. The maximum Gasteiger partial charge on any atom is 0.308 e. The summed E-state index contributed by atoms with van der Waals surface area (Å²) in [6.07, 6.45) is 5.90. The third-order valence-electron chi connectivity index (χ3n) is 4.89. The SMILES string of the molecule is CC1(C)CCCCC1C(=O)N1CCCC(C(=O)O)C1. The Morgan fingerprint density at radius 1 is 1.16 bits per heavy atom. The molecule has 2 atom stereocenters. The Hall–Kier alpha value is -1.06. The third kappa shape index (κ3) is 3.10. The molecule has 1 amide bonds. The normalized spacial score (nSPS) is 30.9. The number of likely N-dealkylation sites (tertiary alicyclic amines) is 1. The van der Waals surface area contributed by atoms with Crippen molar-refractivity contribution < 1.29 is 14.7 Å². The average molecular weight is 267 g/mol. The highest BCUT2D eigenvalue weighted by molar-refractivity contribution is 5.81. The first-order valence-corrected chi connectivity index (χ1v) is 7.43. The van der Waals surface area contributed by atoms with Crippen molar-refractivity contribution in [1.82, 2.24) is 4.90 Å². The van der Waals surface area contributed by atoms with E-state index < -0.39 is 5.97 Å². The lowest BCUT2D eigenvalue weighted by Gasteiger charge is -2.41. The van der Waals surface area contributed by atoms with Crippen LogP contribution in [0.5, 0.6) is 0 Å². The van der Waals surface area contributed by atoms with Crippen LogP contribution in [0.4, 0.5) is 0 Å². The van der Waals surface area contributed by atoms with Gasteiger partial charge in [-0.1, -0.05) is 26.7 Å². The fourth-order valence-corrected chi connectivity index (χ4v) is 3.55. The van der Waals surface area contributed by atoms with Crippen LogP contribution < -0.4 is 0 Å². The van der Waals surface area contributed by atoms with E-state index in [4.69, 9.17) is 5.11 Å². The summed E-state index contributed by atoms with van der Waals surface area (Å²) in [5.74, 6) is -0.866. The average Bonchev–Trinajstić information content (AvgIpc) is 2.37. The van der Waals surface area contributed by atoms with Crippen LogP contribution in [0.1, 0.15) is 52.4 Å². The molecule has 1 aliphatic heterocycles. The molecule has 1 N–H and O–H groups in total. The first kappa shape index (κ1) is 14.4. The highest BCUT2D eigenvalue weighted by Crippen LogP contribution is 2.41. The van der Waals surface area contributed by atoms with Crippen molar-refractivity contribution in [3.05, 3.63) is 0 Å². The molecule has 4 nitrogen and oxygen atoms in total. The number of carbonyl (C=O) groups excluding carboxylic acids is 1. The summed E-state index contributed by atoms with van der Waals surface area (Å²) < 4.78 is 0. The summed E-state index contributed by atoms with van der Waals surface area (Å²) in [4.78, 5) is 25.6. The van der Waals surface area contributed by atoms with E-state index in [0.29, 0.717) is 13.0 Å². The van der Waals surface area contributed by atoms with E-state index >= 15 is 0 Å². The van der Waals surface area contributed by atoms with E-state index in [1.807, 2.05) is 0 Å². The molecule has 2 aliphatic rings. The van der Waals surface area contributed by atoms with E-state index in [1.165, 1.54) is 6.42 Å². The molecule has 0 aromatic carbocycles. The molecule has 2 rings (SSSR count). The minimum Gasteiger partial charge on any atom is -0.481 e.